The van der Waals surface area contributed by atoms with E-state index in [1.807, 2.05) is 29.4 Å². The second kappa shape index (κ2) is 6.65. The Balaban J connectivity index is 1.72. The second-order valence-electron chi connectivity index (χ2n) is 8.63. The fourth-order valence-electron chi connectivity index (χ4n) is 3.60. The van der Waals surface area contributed by atoms with Crippen molar-refractivity contribution in [2.24, 2.45) is 13.0 Å². The van der Waals surface area contributed by atoms with Crippen LogP contribution in [0.25, 0.3) is 22.2 Å². The first-order valence-electron chi connectivity index (χ1n) is 9.66. The molecular formula is C21H27N5O2. The van der Waals surface area contributed by atoms with Gasteiger partial charge in [-0.15, -0.1) is 0 Å². The third kappa shape index (κ3) is 3.37. The summed E-state index contributed by atoms with van der Waals surface area (Å²) in [6, 6.07) is 4.12. The van der Waals surface area contributed by atoms with Crippen LogP contribution in [0.2, 0.25) is 0 Å². The van der Waals surface area contributed by atoms with E-state index in [0.717, 1.165) is 27.9 Å². The van der Waals surface area contributed by atoms with Gasteiger partial charge in [0.2, 0.25) is 5.91 Å². The van der Waals surface area contributed by atoms with Crippen LogP contribution in [0, 0.1) is 5.92 Å². The van der Waals surface area contributed by atoms with Crippen LogP contribution in [0.3, 0.4) is 0 Å². The van der Waals surface area contributed by atoms with Crippen LogP contribution in [0.1, 0.15) is 34.1 Å². The summed E-state index contributed by atoms with van der Waals surface area (Å²) in [7, 11) is 1.96. The molecule has 0 aliphatic carbocycles. The zero-order valence-corrected chi connectivity index (χ0v) is 17.1. The van der Waals surface area contributed by atoms with Gasteiger partial charge in [-0.2, -0.15) is 5.10 Å². The maximum atomic E-state index is 11.6. The number of fused-ring (bicyclic) bond motifs is 1. The number of aryl methyl sites for hydroxylation is 1. The summed E-state index contributed by atoms with van der Waals surface area (Å²) in [6.07, 6.45) is 6.15. The van der Waals surface area contributed by atoms with Crippen LogP contribution < -0.4 is 10.1 Å². The van der Waals surface area contributed by atoms with E-state index >= 15 is 0 Å². The lowest BCUT2D eigenvalue weighted by molar-refractivity contribution is -0.119. The summed E-state index contributed by atoms with van der Waals surface area (Å²) >= 11 is 0. The van der Waals surface area contributed by atoms with Gasteiger partial charge in [-0.05, 0) is 45.4 Å². The number of hydrogen-bond donors (Lipinski definition) is 1. The average molecular weight is 381 g/mol. The van der Waals surface area contributed by atoms with E-state index in [4.69, 9.17) is 4.74 Å². The molecule has 1 aliphatic rings. The number of aromatic nitrogens is 4. The summed E-state index contributed by atoms with van der Waals surface area (Å²) in [6.45, 7) is 9.06. The Kier molecular flexibility index (Phi) is 4.40. The summed E-state index contributed by atoms with van der Waals surface area (Å²) in [5.74, 6) is 1.04. The largest absolute Gasteiger partial charge is 0.488 e. The molecule has 0 bridgehead atoms. The minimum absolute atomic E-state index is 0.0791. The lowest BCUT2D eigenvalue weighted by atomic mass is 10.0. The summed E-state index contributed by atoms with van der Waals surface area (Å²) < 4.78 is 10.3. The SMILES string of the molecule is CC(Oc1cc(-c2cnn(C(C)(C)C)c2)cc2ncn(C)c12)[C@H]1CNC(=O)C1. The number of carbonyl (C=O) groups is 1. The molecule has 3 aromatic rings. The molecule has 0 spiro atoms. The summed E-state index contributed by atoms with van der Waals surface area (Å²) in [4.78, 5) is 16.1. The Bertz CT molecular complexity index is 1030. The van der Waals surface area contributed by atoms with Gasteiger partial charge >= 0.3 is 0 Å². The topological polar surface area (TPSA) is 74.0 Å². The highest BCUT2D eigenvalue weighted by Crippen LogP contribution is 2.34. The molecule has 3 heterocycles. The molecule has 0 radical (unpaired) electrons. The van der Waals surface area contributed by atoms with Crippen LogP contribution in [-0.2, 0) is 17.4 Å². The molecule has 2 aromatic heterocycles. The van der Waals surface area contributed by atoms with Crippen molar-refractivity contribution in [3.63, 3.8) is 0 Å². The Morgan fingerprint density at radius 3 is 2.71 bits per heavy atom. The van der Waals surface area contributed by atoms with Crippen molar-refractivity contribution in [2.45, 2.75) is 45.8 Å². The third-order valence-corrected chi connectivity index (χ3v) is 5.37. The number of nitrogens with one attached hydrogen (secondary N) is 1. The first-order chi connectivity index (χ1) is 13.2. The van der Waals surface area contributed by atoms with Crippen LogP contribution in [0.5, 0.6) is 5.75 Å². The lowest BCUT2D eigenvalue weighted by Crippen LogP contribution is -2.25. The number of carbonyl (C=O) groups excluding carboxylic acids is 1. The molecule has 148 valence electrons. The molecule has 7 heteroatoms. The molecule has 4 rings (SSSR count). The van der Waals surface area contributed by atoms with Gasteiger partial charge in [-0.25, -0.2) is 4.98 Å². The van der Waals surface area contributed by atoms with Crippen LogP contribution >= 0.6 is 0 Å². The van der Waals surface area contributed by atoms with Crippen LogP contribution in [0.15, 0.2) is 30.9 Å². The van der Waals surface area contributed by atoms with Crippen molar-refractivity contribution in [2.75, 3.05) is 6.54 Å². The van der Waals surface area contributed by atoms with E-state index in [2.05, 4.69) is 54.5 Å². The number of ether oxygens (including phenoxy) is 1. The van der Waals surface area contributed by atoms with E-state index in [1.54, 1.807) is 6.33 Å². The number of hydrogen-bond acceptors (Lipinski definition) is 4. The van der Waals surface area contributed by atoms with Gasteiger partial charge in [0.05, 0.1) is 23.6 Å². The molecule has 1 N–H and O–H groups in total. The normalized spacial score (nSPS) is 18.5. The average Bonchev–Trinajstić information content (AvgIpc) is 3.34. The molecule has 7 nitrogen and oxygen atoms in total. The Morgan fingerprint density at radius 1 is 1.29 bits per heavy atom. The number of benzene rings is 1. The van der Waals surface area contributed by atoms with Crippen molar-refractivity contribution >= 4 is 16.9 Å². The lowest BCUT2D eigenvalue weighted by Gasteiger charge is -2.21. The molecule has 1 unspecified atom stereocenters. The van der Waals surface area contributed by atoms with Gasteiger partial charge < -0.3 is 14.6 Å². The molecule has 1 amide bonds. The number of nitrogens with zero attached hydrogens (tertiary/aromatic N) is 4. The van der Waals surface area contributed by atoms with Gasteiger partial charge in [-0.3, -0.25) is 9.48 Å². The Labute approximate surface area is 164 Å². The first-order valence-corrected chi connectivity index (χ1v) is 9.66. The Hall–Kier alpha value is -2.83. The zero-order valence-electron chi connectivity index (χ0n) is 17.1. The highest BCUT2D eigenvalue weighted by molar-refractivity contribution is 5.87. The van der Waals surface area contributed by atoms with Crippen molar-refractivity contribution < 1.29 is 9.53 Å². The monoisotopic (exact) mass is 381 g/mol. The molecular weight excluding hydrogens is 354 g/mol. The summed E-state index contributed by atoms with van der Waals surface area (Å²) in [5, 5.41) is 7.40. The van der Waals surface area contributed by atoms with Crippen molar-refractivity contribution in [3.05, 3.63) is 30.9 Å². The standard InChI is InChI=1S/C21H27N5O2/c1-13(15-8-19(27)22-9-15)28-18-7-14(6-17-20(18)25(5)12-23-17)16-10-24-26(11-16)21(2,3)4/h6-7,10-13,15H,8-9H2,1-5H3,(H,22,27)/t13?,15-/m1/s1. The number of amides is 1. The van der Waals surface area contributed by atoms with Crippen LogP contribution in [0.4, 0.5) is 0 Å². The molecule has 1 saturated heterocycles. The molecule has 1 aromatic carbocycles. The van der Waals surface area contributed by atoms with E-state index in [9.17, 15) is 4.79 Å². The first kappa shape index (κ1) is 18.5. The second-order valence-corrected chi connectivity index (χ2v) is 8.63. The minimum Gasteiger partial charge on any atom is -0.488 e. The maximum Gasteiger partial charge on any atom is 0.220 e. The van der Waals surface area contributed by atoms with Crippen molar-refractivity contribution in [1.82, 2.24) is 24.6 Å². The number of rotatable bonds is 4. The predicted molar refractivity (Wildman–Crippen MR) is 108 cm³/mol. The van der Waals surface area contributed by atoms with Crippen molar-refractivity contribution in [1.29, 1.82) is 0 Å². The van der Waals surface area contributed by atoms with Gasteiger partial charge in [0.25, 0.3) is 0 Å². The smallest absolute Gasteiger partial charge is 0.220 e. The maximum absolute atomic E-state index is 11.6. The highest BCUT2D eigenvalue weighted by Gasteiger charge is 2.28. The number of imidazole rings is 1. The molecule has 1 aliphatic heterocycles. The van der Waals surface area contributed by atoms with E-state index in [1.165, 1.54) is 0 Å². The van der Waals surface area contributed by atoms with Crippen LogP contribution in [-0.4, -0.2) is 37.9 Å². The van der Waals surface area contributed by atoms with E-state index < -0.39 is 0 Å². The molecule has 28 heavy (non-hydrogen) atoms. The fraction of sp³-hybridized carbons (Fsp3) is 0.476. The third-order valence-electron chi connectivity index (χ3n) is 5.37. The zero-order chi connectivity index (χ0) is 20.1. The van der Waals surface area contributed by atoms with Gasteiger partial charge in [0.15, 0.2) is 0 Å². The van der Waals surface area contributed by atoms with Gasteiger partial charge in [-0.1, -0.05) is 0 Å². The van der Waals surface area contributed by atoms with Gasteiger partial charge in [0, 0.05) is 37.7 Å². The Morgan fingerprint density at radius 2 is 2.07 bits per heavy atom. The van der Waals surface area contributed by atoms with E-state index in [-0.39, 0.29) is 23.5 Å². The van der Waals surface area contributed by atoms with Crippen molar-refractivity contribution in [3.8, 4) is 16.9 Å². The highest BCUT2D eigenvalue weighted by atomic mass is 16.5. The molecule has 2 atom stereocenters. The quantitative estimate of drug-likeness (QED) is 0.754. The van der Waals surface area contributed by atoms with E-state index in [0.29, 0.717) is 13.0 Å². The molecule has 1 fully saturated rings. The predicted octanol–water partition coefficient (Wildman–Crippen LogP) is 3.10. The minimum atomic E-state index is -0.0802. The van der Waals surface area contributed by atoms with Gasteiger partial charge in [0.1, 0.15) is 17.4 Å². The summed E-state index contributed by atoms with van der Waals surface area (Å²) in [5.41, 5.74) is 3.80. The molecule has 0 saturated carbocycles. The fourth-order valence-corrected chi connectivity index (χ4v) is 3.60.